The van der Waals surface area contributed by atoms with Gasteiger partial charge in [-0.2, -0.15) is 0 Å². The molecule has 0 aliphatic carbocycles. The molecule has 1 aliphatic heterocycles. The lowest BCUT2D eigenvalue weighted by molar-refractivity contribution is -0.109. The van der Waals surface area contributed by atoms with E-state index < -0.39 is 17.2 Å². The van der Waals surface area contributed by atoms with Crippen molar-refractivity contribution in [3.63, 3.8) is 0 Å². The Morgan fingerprint density at radius 2 is 2.06 bits per heavy atom. The van der Waals surface area contributed by atoms with Crippen molar-refractivity contribution in [2.45, 2.75) is 18.4 Å². The highest BCUT2D eigenvalue weighted by atomic mass is 19.1. The van der Waals surface area contributed by atoms with Crippen LogP contribution in [0.15, 0.2) is 30.9 Å². The van der Waals surface area contributed by atoms with Gasteiger partial charge in [0.25, 0.3) is 0 Å². The summed E-state index contributed by atoms with van der Waals surface area (Å²) in [6.45, 7) is 4.85. The first-order valence-corrected chi connectivity index (χ1v) is 5.96. The fraction of sp³-hybridized carbons (Fsp3) is 0.429. The molecule has 4 heteroatoms. The van der Waals surface area contributed by atoms with Crippen molar-refractivity contribution >= 4 is 0 Å². The Balaban J connectivity index is 2.37. The lowest BCUT2D eigenvalue weighted by Crippen LogP contribution is -2.37. The molecule has 18 heavy (non-hydrogen) atoms. The van der Waals surface area contributed by atoms with Crippen molar-refractivity contribution in [3.8, 4) is 0 Å². The van der Waals surface area contributed by atoms with Crippen molar-refractivity contribution in [2.75, 3.05) is 19.8 Å². The molecule has 1 heterocycles. The molecule has 0 spiro atoms. The van der Waals surface area contributed by atoms with Crippen LogP contribution in [0.3, 0.4) is 0 Å². The van der Waals surface area contributed by atoms with Crippen molar-refractivity contribution < 1.29 is 18.3 Å². The first-order valence-electron chi connectivity index (χ1n) is 5.96. The third-order valence-corrected chi connectivity index (χ3v) is 3.20. The van der Waals surface area contributed by atoms with Crippen molar-refractivity contribution in [1.29, 1.82) is 0 Å². The molecule has 0 unspecified atom stereocenters. The van der Waals surface area contributed by atoms with Crippen LogP contribution >= 0.6 is 0 Å². The third kappa shape index (κ3) is 2.60. The normalized spacial score (nSPS) is 18.6. The van der Waals surface area contributed by atoms with Crippen LogP contribution in [0.1, 0.15) is 18.4 Å². The van der Waals surface area contributed by atoms with Crippen LogP contribution in [0.2, 0.25) is 0 Å². The summed E-state index contributed by atoms with van der Waals surface area (Å²) in [5.74, 6) is -0.901. The summed E-state index contributed by atoms with van der Waals surface area (Å²) in [4.78, 5) is 0. The molecule has 0 aromatic heterocycles. The minimum atomic E-state index is -0.807. The Morgan fingerprint density at radius 3 is 2.72 bits per heavy atom. The van der Waals surface area contributed by atoms with Crippen LogP contribution in [0.25, 0.3) is 0 Å². The first-order chi connectivity index (χ1) is 8.68. The Morgan fingerprint density at radius 1 is 1.33 bits per heavy atom. The van der Waals surface area contributed by atoms with Crippen LogP contribution in [0.5, 0.6) is 0 Å². The Bertz CT molecular complexity index is 426. The zero-order valence-electron chi connectivity index (χ0n) is 10.1. The number of benzene rings is 1. The number of halogens is 2. The molecule has 1 fully saturated rings. The zero-order chi connectivity index (χ0) is 13.0. The topological polar surface area (TPSA) is 18.5 Å². The highest BCUT2D eigenvalue weighted by Crippen LogP contribution is 2.37. The molecule has 1 aromatic rings. The van der Waals surface area contributed by atoms with E-state index in [2.05, 4.69) is 6.58 Å². The molecular weight excluding hydrogens is 238 g/mol. The van der Waals surface area contributed by atoms with Crippen LogP contribution in [0.4, 0.5) is 8.78 Å². The maximum atomic E-state index is 13.9. The summed E-state index contributed by atoms with van der Waals surface area (Å²) in [5, 5.41) is 0. The number of rotatable bonds is 4. The first kappa shape index (κ1) is 13.2. The molecule has 0 radical (unpaired) electrons. The summed E-state index contributed by atoms with van der Waals surface area (Å²) in [6.07, 6.45) is 2.64. The second-order valence-corrected chi connectivity index (χ2v) is 4.33. The third-order valence-electron chi connectivity index (χ3n) is 3.20. The van der Waals surface area contributed by atoms with E-state index in [0.717, 1.165) is 12.1 Å². The van der Waals surface area contributed by atoms with E-state index >= 15 is 0 Å². The number of hydrogen-bond donors (Lipinski definition) is 0. The van der Waals surface area contributed by atoms with Crippen molar-refractivity contribution in [3.05, 3.63) is 48.1 Å². The number of ether oxygens (including phenoxy) is 2. The maximum Gasteiger partial charge on any atom is 0.129 e. The summed E-state index contributed by atoms with van der Waals surface area (Å²) in [5.41, 5.74) is -0.536. The van der Waals surface area contributed by atoms with E-state index in [4.69, 9.17) is 9.47 Å². The van der Waals surface area contributed by atoms with Gasteiger partial charge in [-0.15, -0.1) is 6.58 Å². The zero-order valence-corrected chi connectivity index (χ0v) is 10.1. The summed E-state index contributed by atoms with van der Waals surface area (Å²) in [7, 11) is 0. The minimum absolute atomic E-state index is 0.271. The van der Waals surface area contributed by atoms with Gasteiger partial charge in [0.15, 0.2) is 0 Å². The molecule has 1 aliphatic rings. The molecule has 2 nitrogen and oxygen atoms in total. The molecule has 0 N–H and O–H groups in total. The van der Waals surface area contributed by atoms with Crippen LogP contribution in [-0.4, -0.2) is 19.8 Å². The molecule has 1 aromatic carbocycles. The summed E-state index contributed by atoms with van der Waals surface area (Å²) < 4.78 is 38.2. The van der Waals surface area contributed by atoms with E-state index in [1.54, 1.807) is 6.08 Å². The Hall–Kier alpha value is -1.26. The Labute approximate surface area is 105 Å². The van der Waals surface area contributed by atoms with Crippen molar-refractivity contribution in [1.82, 2.24) is 0 Å². The predicted molar refractivity (Wildman–Crippen MR) is 64.2 cm³/mol. The molecule has 1 saturated heterocycles. The van der Waals surface area contributed by atoms with Gasteiger partial charge in [0.2, 0.25) is 0 Å². The average Bonchev–Trinajstić information content (AvgIpc) is 2.40. The second kappa shape index (κ2) is 5.59. The van der Waals surface area contributed by atoms with Gasteiger partial charge in [-0.1, -0.05) is 6.08 Å². The molecule has 0 amide bonds. The minimum Gasteiger partial charge on any atom is -0.381 e. The highest BCUT2D eigenvalue weighted by molar-refractivity contribution is 5.26. The van der Waals surface area contributed by atoms with Gasteiger partial charge in [-0.25, -0.2) is 8.78 Å². The van der Waals surface area contributed by atoms with E-state index in [0.29, 0.717) is 32.7 Å². The maximum absolute atomic E-state index is 13.9. The fourth-order valence-electron chi connectivity index (χ4n) is 2.26. The fourth-order valence-corrected chi connectivity index (χ4v) is 2.26. The highest BCUT2D eigenvalue weighted by Gasteiger charge is 2.37. The number of hydrogen-bond acceptors (Lipinski definition) is 2. The van der Waals surface area contributed by atoms with Gasteiger partial charge in [-0.3, -0.25) is 0 Å². The molecule has 98 valence electrons. The van der Waals surface area contributed by atoms with Crippen LogP contribution in [0, 0.1) is 11.6 Å². The van der Waals surface area contributed by atoms with Crippen LogP contribution < -0.4 is 0 Å². The van der Waals surface area contributed by atoms with Gasteiger partial charge in [0.05, 0.1) is 6.61 Å². The lowest BCUT2D eigenvalue weighted by atomic mass is 9.85. The Kier molecular flexibility index (Phi) is 4.09. The second-order valence-electron chi connectivity index (χ2n) is 4.33. The molecular formula is C14H16F2O2. The average molecular weight is 254 g/mol. The summed E-state index contributed by atoms with van der Waals surface area (Å²) >= 11 is 0. The molecule has 0 saturated carbocycles. The largest absolute Gasteiger partial charge is 0.381 e. The predicted octanol–water partition coefficient (Wildman–Crippen LogP) is 3.17. The standard InChI is InChI=1S/C14H16F2O2/c1-2-7-18-14(5-8-17-9-6-14)12-10-11(15)3-4-13(12)16/h2-4,10H,1,5-9H2. The molecule has 0 bridgehead atoms. The van der Waals surface area contributed by atoms with E-state index in [-0.39, 0.29) is 5.56 Å². The molecule has 0 atom stereocenters. The van der Waals surface area contributed by atoms with E-state index in [1.807, 2.05) is 0 Å². The summed E-state index contributed by atoms with van der Waals surface area (Å²) in [6, 6.07) is 3.46. The van der Waals surface area contributed by atoms with Crippen molar-refractivity contribution in [2.24, 2.45) is 0 Å². The van der Waals surface area contributed by atoms with Gasteiger partial charge in [0.1, 0.15) is 17.2 Å². The smallest absolute Gasteiger partial charge is 0.129 e. The monoisotopic (exact) mass is 254 g/mol. The van der Waals surface area contributed by atoms with Gasteiger partial charge < -0.3 is 9.47 Å². The van der Waals surface area contributed by atoms with E-state index in [9.17, 15) is 8.78 Å². The van der Waals surface area contributed by atoms with Crippen LogP contribution in [-0.2, 0) is 15.1 Å². The SMILES string of the molecule is C=CCOC1(c2cc(F)ccc2F)CCOCC1. The van der Waals surface area contributed by atoms with Gasteiger partial charge in [-0.05, 0) is 18.2 Å². The quantitative estimate of drug-likeness (QED) is 0.768. The van der Waals surface area contributed by atoms with Gasteiger partial charge in [0, 0.05) is 31.6 Å². The van der Waals surface area contributed by atoms with Gasteiger partial charge >= 0.3 is 0 Å². The lowest BCUT2D eigenvalue weighted by Gasteiger charge is -2.37. The van der Waals surface area contributed by atoms with E-state index in [1.165, 1.54) is 6.07 Å². The molecule has 2 rings (SSSR count).